The third-order valence-corrected chi connectivity index (χ3v) is 10.2. The van der Waals surface area contributed by atoms with Crippen LogP contribution in [0, 0.1) is 52.3 Å². The summed E-state index contributed by atoms with van der Waals surface area (Å²) in [5.74, 6) is 4.87. The molecule has 0 aromatic rings. The molecule has 0 bridgehead atoms. The van der Waals surface area contributed by atoms with Gasteiger partial charge >= 0.3 is 0 Å². The zero-order chi connectivity index (χ0) is 18.7. The molecule has 4 saturated carbocycles. The summed E-state index contributed by atoms with van der Waals surface area (Å²) < 4.78 is 0. The molecule has 0 aromatic carbocycles. The van der Waals surface area contributed by atoms with Gasteiger partial charge in [0.1, 0.15) is 12.1 Å². The van der Waals surface area contributed by atoms with Crippen molar-refractivity contribution in [1.82, 2.24) is 0 Å². The normalized spacial score (nSPS) is 51.7. The predicted molar refractivity (Wildman–Crippen MR) is 105 cm³/mol. The average Bonchev–Trinajstić information content (AvgIpc) is 2.97. The van der Waals surface area contributed by atoms with Crippen molar-refractivity contribution in [2.45, 2.75) is 85.5 Å². The van der Waals surface area contributed by atoms with E-state index in [1.807, 2.05) is 0 Å². The van der Waals surface area contributed by atoms with E-state index in [2.05, 4.69) is 20.8 Å². The molecule has 4 fully saturated rings. The molecular weight excluding hydrogens is 320 g/mol. The van der Waals surface area contributed by atoms with Crippen LogP contribution in [0.5, 0.6) is 0 Å². The van der Waals surface area contributed by atoms with Gasteiger partial charge in [-0.25, -0.2) is 0 Å². The maximum atomic E-state index is 12.1. The van der Waals surface area contributed by atoms with Crippen LogP contribution in [0.3, 0.4) is 0 Å². The van der Waals surface area contributed by atoms with Crippen LogP contribution in [0.4, 0.5) is 0 Å². The van der Waals surface area contributed by atoms with Crippen molar-refractivity contribution in [3.05, 3.63) is 0 Å². The zero-order valence-corrected chi connectivity index (χ0v) is 17.3. The maximum Gasteiger partial charge on any atom is 0.132 e. The van der Waals surface area contributed by atoms with Crippen LogP contribution >= 0.6 is 0 Å². The van der Waals surface area contributed by atoms with Gasteiger partial charge in [-0.05, 0) is 105 Å². The minimum absolute atomic E-state index is 0.233. The van der Waals surface area contributed by atoms with Crippen LogP contribution < -0.4 is 0 Å². The fourth-order valence-electron chi connectivity index (χ4n) is 8.56. The van der Waals surface area contributed by atoms with Crippen molar-refractivity contribution in [3.63, 3.8) is 0 Å². The second kappa shape index (κ2) is 6.45. The van der Waals surface area contributed by atoms with E-state index in [1.54, 1.807) is 6.92 Å². The molecule has 26 heavy (non-hydrogen) atoms. The molecule has 4 unspecified atom stereocenters. The Morgan fingerprint density at radius 3 is 2.35 bits per heavy atom. The number of hydrogen-bond donors (Lipinski definition) is 0. The summed E-state index contributed by atoms with van der Waals surface area (Å²) in [6, 6.07) is 0. The lowest BCUT2D eigenvalue weighted by Gasteiger charge is -2.61. The van der Waals surface area contributed by atoms with E-state index < -0.39 is 0 Å². The molecule has 0 aliphatic heterocycles. The number of carbonyl (C=O) groups excluding carboxylic acids is 2. The molecule has 0 heterocycles. The first-order valence-corrected chi connectivity index (χ1v) is 11.3. The number of Topliss-reactive ketones (excluding diaryl/α,β-unsaturated/α-hetero) is 1. The van der Waals surface area contributed by atoms with Gasteiger partial charge in [0.2, 0.25) is 0 Å². The van der Waals surface area contributed by atoms with Crippen molar-refractivity contribution in [3.8, 4) is 0 Å². The Morgan fingerprint density at radius 1 is 0.962 bits per heavy atom. The Labute approximate surface area is 159 Å². The van der Waals surface area contributed by atoms with E-state index in [-0.39, 0.29) is 5.92 Å². The van der Waals surface area contributed by atoms with E-state index in [1.165, 1.54) is 51.2 Å². The van der Waals surface area contributed by atoms with Gasteiger partial charge in [0, 0.05) is 11.8 Å². The Balaban J connectivity index is 1.57. The lowest BCUT2D eigenvalue weighted by Crippen LogP contribution is -2.54. The molecule has 0 spiro atoms. The van der Waals surface area contributed by atoms with Gasteiger partial charge in [0.15, 0.2) is 0 Å². The smallest absolute Gasteiger partial charge is 0.132 e. The third-order valence-electron chi connectivity index (χ3n) is 10.2. The van der Waals surface area contributed by atoms with E-state index in [9.17, 15) is 9.59 Å². The van der Waals surface area contributed by atoms with Crippen molar-refractivity contribution in [2.24, 2.45) is 52.3 Å². The fourth-order valence-corrected chi connectivity index (χ4v) is 8.56. The molecule has 0 N–H and O–H groups in total. The van der Waals surface area contributed by atoms with Gasteiger partial charge in [-0.2, -0.15) is 0 Å². The maximum absolute atomic E-state index is 12.1. The highest BCUT2D eigenvalue weighted by atomic mass is 16.1. The molecule has 9 atom stereocenters. The highest BCUT2D eigenvalue weighted by Gasteiger charge is 2.60. The Morgan fingerprint density at radius 2 is 1.65 bits per heavy atom. The summed E-state index contributed by atoms with van der Waals surface area (Å²) in [6.07, 6.45) is 12.8. The molecule has 146 valence electrons. The van der Waals surface area contributed by atoms with Crippen LogP contribution in [0.1, 0.15) is 85.5 Å². The topological polar surface area (TPSA) is 34.1 Å². The van der Waals surface area contributed by atoms with Gasteiger partial charge in [0.25, 0.3) is 0 Å². The van der Waals surface area contributed by atoms with E-state index in [0.717, 1.165) is 36.5 Å². The second-order valence-electron chi connectivity index (χ2n) is 11.0. The number of rotatable bonds is 3. The Hall–Kier alpha value is -0.660. The molecule has 0 radical (unpaired) electrons. The van der Waals surface area contributed by atoms with Crippen molar-refractivity contribution >= 4 is 12.1 Å². The Kier molecular flexibility index (Phi) is 4.64. The van der Waals surface area contributed by atoms with Crippen LogP contribution in [-0.4, -0.2) is 12.1 Å². The SMILES string of the molecule is CC(=O)C(C)C1CC[C@H]2[C@@H]3CCC4CC(C=O)CC[C@]4(C)[C@H]3CC[C@]12C. The summed E-state index contributed by atoms with van der Waals surface area (Å²) in [5.41, 5.74) is 0.851. The third kappa shape index (κ3) is 2.57. The van der Waals surface area contributed by atoms with Crippen molar-refractivity contribution in [1.29, 1.82) is 0 Å². The van der Waals surface area contributed by atoms with E-state index >= 15 is 0 Å². The summed E-state index contributed by atoms with van der Waals surface area (Å²) in [5, 5.41) is 0. The number of carbonyl (C=O) groups is 2. The minimum Gasteiger partial charge on any atom is -0.303 e. The lowest BCUT2D eigenvalue weighted by atomic mass is 9.44. The van der Waals surface area contributed by atoms with Crippen molar-refractivity contribution in [2.75, 3.05) is 0 Å². The van der Waals surface area contributed by atoms with Gasteiger partial charge in [-0.1, -0.05) is 20.8 Å². The van der Waals surface area contributed by atoms with Gasteiger partial charge in [0.05, 0.1) is 0 Å². The molecule has 4 aliphatic carbocycles. The first-order chi connectivity index (χ1) is 12.3. The Bertz CT molecular complexity index is 583. The number of fused-ring (bicyclic) bond motifs is 5. The summed E-state index contributed by atoms with van der Waals surface area (Å²) >= 11 is 0. The number of hydrogen-bond acceptors (Lipinski definition) is 2. The minimum atomic E-state index is 0.233. The van der Waals surface area contributed by atoms with Gasteiger partial charge in [-0.3, -0.25) is 4.79 Å². The summed E-state index contributed by atoms with van der Waals surface area (Å²) in [4.78, 5) is 23.4. The van der Waals surface area contributed by atoms with Gasteiger partial charge < -0.3 is 4.79 Å². The van der Waals surface area contributed by atoms with E-state index in [0.29, 0.717) is 28.4 Å². The van der Waals surface area contributed by atoms with Gasteiger partial charge in [-0.15, -0.1) is 0 Å². The molecule has 4 rings (SSSR count). The number of aldehydes is 1. The molecule has 0 amide bonds. The first-order valence-electron chi connectivity index (χ1n) is 11.3. The summed E-state index contributed by atoms with van der Waals surface area (Å²) in [6.45, 7) is 9.09. The monoisotopic (exact) mass is 358 g/mol. The highest BCUT2D eigenvalue weighted by molar-refractivity contribution is 5.78. The highest BCUT2D eigenvalue weighted by Crippen LogP contribution is 2.68. The van der Waals surface area contributed by atoms with Crippen LogP contribution in [-0.2, 0) is 9.59 Å². The van der Waals surface area contributed by atoms with Crippen LogP contribution in [0.25, 0.3) is 0 Å². The second-order valence-corrected chi connectivity index (χ2v) is 11.0. The van der Waals surface area contributed by atoms with Crippen molar-refractivity contribution < 1.29 is 9.59 Å². The lowest BCUT2D eigenvalue weighted by molar-refractivity contribution is -0.135. The molecule has 2 nitrogen and oxygen atoms in total. The van der Waals surface area contributed by atoms with E-state index in [4.69, 9.17) is 0 Å². The van der Waals surface area contributed by atoms with Crippen LogP contribution in [0.2, 0.25) is 0 Å². The largest absolute Gasteiger partial charge is 0.303 e. The molecule has 0 saturated heterocycles. The quantitative estimate of drug-likeness (QED) is 0.608. The average molecular weight is 359 g/mol. The predicted octanol–water partition coefficient (Wildman–Crippen LogP) is 5.69. The van der Waals surface area contributed by atoms with Crippen LogP contribution in [0.15, 0.2) is 0 Å². The molecule has 4 aliphatic rings. The number of ketones is 1. The summed E-state index contributed by atoms with van der Waals surface area (Å²) in [7, 11) is 0. The molecule has 0 aromatic heterocycles. The first kappa shape index (κ1) is 18.7. The standard InChI is InChI=1S/C24H38O2/c1-15(16(2)26)20-7-8-21-19-6-5-18-13-17(14-25)9-11-23(18,3)22(19)10-12-24(20,21)4/h14-15,17-22H,5-13H2,1-4H3/t15?,17?,18?,19-,20?,21-,22-,23-,24+/m0/s1. The molecule has 2 heteroatoms. The zero-order valence-electron chi connectivity index (χ0n) is 17.3. The fraction of sp³-hybridized carbons (Fsp3) is 0.917. The molecular formula is C24H38O2.